The molecule has 0 aliphatic rings. The van der Waals surface area contributed by atoms with Crippen LogP contribution in [0.2, 0.25) is 0 Å². The van der Waals surface area contributed by atoms with Crippen molar-refractivity contribution in [3.63, 3.8) is 0 Å². The van der Waals surface area contributed by atoms with E-state index in [0.29, 0.717) is 5.56 Å². The van der Waals surface area contributed by atoms with Crippen LogP contribution in [-0.4, -0.2) is 33.3 Å². The molecule has 3 rings (SSSR count). The molecule has 0 unspecified atom stereocenters. The summed E-state index contributed by atoms with van der Waals surface area (Å²) >= 11 is 0. The maximum absolute atomic E-state index is 12.6. The quantitative estimate of drug-likeness (QED) is 0.625. The van der Waals surface area contributed by atoms with Crippen molar-refractivity contribution in [2.24, 2.45) is 0 Å². The lowest BCUT2D eigenvalue weighted by molar-refractivity contribution is 0.482. The smallest absolute Gasteiger partial charge is 0.339 e. The highest BCUT2D eigenvalue weighted by Gasteiger charge is 2.22. The lowest BCUT2D eigenvalue weighted by Gasteiger charge is -2.11. The first-order chi connectivity index (χ1) is 13.1. The summed E-state index contributed by atoms with van der Waals surface area (Å²) in [6.07, 6.45) is 2.30. The number of nitrogens with zero attached hydrogens (tertiary/aromatic N) is 1. The van der Waals surface area contributed by atoms with Gasteiger partial charge in [-0.1, -0.05) is 29.8 Å². The number of sulfone groups is 1. The van der Waals surface area contributed by atoms with Gasteiger partial charge in [0.2, 0.25) is 5.75 Å². The molecule has 10 heteroatoms. The van der Waals surface area contributed by atoms with E-state index in [1.807, 2.05) is 6.92 Å². The van der Waals surface area contributed by atoms with Gasteiger partial charge >= 0.3 is 15.7 Å². The van der Waals surface area contributed by atoms with Gasteiger partial charge in [-0.05, 0) is 36.8 Å². The van der Waals surface area contributed by atoms with E-state index in [1.54, 1.807) is 12.1 Å². The summed E-state index contributed by atoms with van der Waals surface area (Å²) in [6.45, 7) is 1.81. The molecule has 1 heterocycles. The van der Waals surface area contributed by atoms with E-state index in [0.717, 1.165) is 11.8 Å². The van der Waals surface area contributed by atoms with Gasteiger partial charge in [-0.15, -0.1) is 0 Å². The van der Waals surface area contributed by atoms with Crippen molar-refractivity contribution >= 4 is 20.0 Å². The Morgan fingerprint density at radius 2 is 1.46 bits per heavy atom. The van der Waals surface area contributed by atoms with Crippen LogP contribution in [0.1, 0.15) is 5.56 Å². The first kappa shape index (κ1) is 19.8. The SMILES string of the molecule is Cc1ccc(S(=O)(=O)Oc2c(-c3ccc(S(C)(=O)=O)cc3)cn[nH]c2=O)cc1. The van der Waals surface area contributed by atoms with Gasteiger partial charge in [0.25, 0.3) is 0 Å². The fourth-order valence-corrected chi connectivity index (χ4v) is 4.00. The Labute approximate surface area is 161 Å². The minimum absolute atomic E-state index is 0.0868. The molecule has 0 fully saturated rings. The van der Waals surface area contributed by atoms with Gasteiger partial charge in [0.1, 0.15) is 4.90 Å². The van der Waals surface area contributed by atoms with E-state index < -0.39 is 31.3 Å². The average molecular weight is 420 g/mol. The van der Waals surface area contributed by atoms with E-state index in [-0.39, 0.29) is 15.4 Å². The average Bonchev–Trinajstić information content (AvgIpc) is 2.63. The van der Waals surface area contributed by atoms with E-state index >= 15 is 0 Å². The fraction of sp³-hybridized carbons (Fsp3) is 0.111. The molecule has 0 spiro atoms. The first-order valence-corrected chi connectivity index (χ1v) is 11.3. The van der Waals surface area contributed by atoms with Crippen LogP contribution in [0.5, 0.6) is 5.75 Å². The van der Waals surface area contributed by atoms with Crippen molar-refractivity contribution in [1.29, 1.82) is 0 Å². The van der Waals surface area contributed by atoms with Crippen molar-refractivity contribution in [2.75, 3.05) is 6.26 Å². The number of nitrogens with one attached hydrogen (secondary N) is 1. The summed E-state index contributed by atoms with van der Waals surface area (Å²) in [7, 11) is -7.66. The molecule has 146 valence electrons. The molecule has 0 atom stereocenters. The number of aromatic nitrogens is 2. The number of benzene rings is 2. The largest absolute Gasteiger partial charge is 0.372 e. The third kappa shape index (κ3) is 4.12. The predicted molar refractivity (Wildman–Crippen MR) is 102 cm³/mol. The molecule has 8 nitrogen and oxygen atoms in total. The minimum Gasteiger partial charge on any atom is -0.372 e. The van der Waals surface area contributed by atoms with Gasteiger partial charge in [0, 0.05) is 6.26 Å². The summed E-state index contributed by atoms with van der Waals surface area (Å²) in [5.41, 5.74) is 0.521. The molecule has 0 saturated heterocycles. The molecule has 1 N–H and O–H groups in total. The summed E-state index contributed by atoms with van der Waals surface area (Å²) < 4.78 is 53.4. The zero-order valence-electron chi connectivity index (χ0n) is 14.9. The van der Waals surface area contributed by atoms with Crippen LogP contribution >= 0.6 is 0 Å². The molecule has 28 heavy (non-hydrogen) atoms. The first-order valence-electron chi connectivity index (χ1n) is 7.97. The standard InChI is InChI=1S/C18H16N2O6S2/c1-12-3-7-15(8-4-12)28(24,25)26-17-16(11-19-20-18(17)21)13-5-9-14(10-6-13)27(2,22)23/h3-11H,1-2H3,(H,20,21). The molecule has 0 aliphatic carbocycles. The lowest BCUT2D eigenvalue weighted by Crippen LogP contribution is -2.19. The van der Waals surface area contributed by atoms with Crippen molar-refractivity contribution < 1.29 is 21.0 Å². The number of aryl methyl sites for hydroxylation is 1. The second kappa shape index (κ2) is 7.21. The van der Waals surface area contributed by atoms with Crippen molar-refractivity contribution in [3.05, 3.63) is 70.6 Å². The summed E-state index contributed by atoms with van der Waals surface area (Å²) in [5, 5.41) is 5.81. The number of rotatable bonds is 5. The molecular weight excluding hydrogens is 404 g/mol. The van der Waals surface area contributed by atoms with Gasteiger partial charge in [-0.2, -0.15) is 13.5 Å². The monoisotopic (exact) mass is 420 g/mol. The Morgan fingerprint density at radius 3 is 2.04 bits per heavy atom. The van der Waals surface area contributed by atoms with E-state index in [1.165, 1.54) is 42.6 Å². The summed E-state index contributed by atoms with van der Waals surface area (Å²) in [5.74, 6) is -0.456. The third-order valence-electron chi connectivity index (χ3n) is 3.91. The Balaban J connectivity index is 2.06. The number of H-pyrrole nitrogens is 1. The zero-order chi connectivity index (χ0) is 20.5. The number of hydrogen-bond donors (Lipinski definition) is 1. The highest BCUT2D eigenvalue weighted by Crippen LogP contribution is 2.29. The van der Waals surface area contributed by atoms with Crippen LogP contribution in [0.15, 0.2) is 69.3 Å². The topological polar surface area (TPSA) is 123 Å². The molecule has 0 bridgehead atoms. The van der Waals surface area contributed by atoms with Crippen LogP contribution in [-0.2, 0) is 20.0 Å². The Morgan fingerprint density at radius 1 is 0.893 bits per heavy atom. The van der Waals surface area contributed by atoms with Crippen molar-refractivity contribution in [3.8, 4) is 16.9 Å². The van der Waals surface area contributed by atoms with Crippen molar-refractivity contribution in [2.45, 2.75) is 16.7 Å². The molecule has 0 amide bonds. The molecule has 0 radical (unpaired) electrons. The second-order valence-corrected chi connectivity index (χ2v) is 9.65. The number of hydrogen-bond acceptors (Lipinski definition) is 7. The van der Waals surface area contributed by atoms with Gasteiger partial charge in [-0.3, -0.25) is 4.79 Å². The van der Waals surface area contributed by atoms with Crippen LogP contribution in [0.4, 0.5) is 0 Å². The van der Waals surface area contributed by atoms with Crippen LogP contribution in [0.25, 0.3) is 11.1 Å². The highest BCUT2D eigenvalue weighted by molar-refractivity contribution is 7.90. The molecular formula is C18H16N2O6S2. The predicted octanol–water partition coefficient (Wildman–Crippen LogP) is 1.92. The fourth-order valence-electron chi connectivity index (χ4n) is 2.42. The van der Waals surface area contributed by atoms with Crippen LogP contribution < -0.4 is 9.74 Å². The van der Waals surface area contributed by atoms with E-state index in [2.05, 4.69) is 10.2 Å². The van der Waals surface area contributed by atoms with Crippen LogP contribution in [0, 0.1) is 6.92 Å². The maximum atomic E-state index is 12.6. The molecule has 2 aromatic carbocycles. The molecule has 0 saturated carbocycles. The van der Waals surface area contributed by atoms with Gasteiger partial charge < -0.3 is 4.18 Å². The van der Waals surface area contributed by atoms with Gasteiger partial charge in [0.05, 0.1) is 16.7 Å². The van der Waals surface area contributed by atoms with Crippen LogP contribution in [0.3, 0.4) is 0 Å². The Hall–Kier alpha value is -2.98. The van der Waals surface area contributed by atoms with Gasteiger partial charge in [0.15, 0.2) is 9.84 Å². The van der Waals surface area contributed by atoms with Crippen molar-refractivity contribution in [1.82, 2.24) is 10.2 Å². The third-order valence-corrected chi connectivity index (χ3v) is 6.27. The summed E-state index contributed by atoms with van der Waals surface area (Å²) in [4.78, 5) is 12.2. The summed E-state index contributed by atoms with van der Waals surface area (Å²) in [6, 6.07) is 11.6. The zero-order valence-corrected chi connectivity index (χ0v) is 16.5. The Kier molecular flexibility index (Phi) is 5.09. The van der Waals surface area contributed by atoms with E-state index in [4.69, 9.17) is 4.18 Å². The molecule has 1 aromatic heterocycles. The van der Waals surface area contributed by atoms with E-state index in [9.17, 15) is 21.6 Å². The normalized spacial score (nSPS) is 11.9. The molecule has 0 aliphatic heterocycles. The Bertz CT molecular complexity index is 1280. The maximum Gasteiger partial charge on any atom is 0.339 e. The highest BCUT2D eigenvalue weighted by atomic mass is 32.2. The molecule has 3 aromatic rings. The lowest BCUT2D eigenvalue weighted by atomic mass is 10.1. The second-order valence-electron chi connectivity index (χ2n) is 6.09. The van der Waals surface area contributed by atoms with Gasteiger partial charge in [-0.25, -0.2) is 13.5 Å². The number of aromatic amines is 1. The minimum atomic E-state index is -4.26.